The summed E-state index contributed by atoms with van der Waals surface area (Å²) >= 11 is 0. The summed E-state index contributed by atoms with van der Waals surface area (Å²) in [6, 6.07) is 0.399. The molecule has 0 aromatic rings. The van der Waals surface area contributed by atoms with Crippen LogP contribution in [0.3, 0.4) is 0 Å². The Bertz CT molecular complexity index is 437. The van der Waals surface area contributed by atoms with Crippen molar-refractivity contribution < 1.29 is 4.79 Å². The van der Waals surface area contributed by atoms with Crippen molar-refractivity contribution in [1.29, 1.82) is 0 Å². The summed E-state index contributed by atoms with van der Waals surface area (Å²) in [5, 5.41) is 6.82. The second-order valence-electron chi connectivity index (χ2n) is 7.82. The zero-order valence-corrected chi connectivity index (χ0v) is 16.6. The van der Waals surface area contributed by atoms with Crippen LogP contribution in [0.1, 0.15) is 46.5 Å². The molecule has 144 valence electrons. The minimum atomic E-state index is 0.311. The number of hydrogen-bond donors (Lipinski definition) is 2. The molecule has 2 N–H and O–H groups in total. The molecule has 2 fully saturated rings. The lowest BCUT2D eigenvalue weighted by Gasteiger charge is -2.36. The second kappa shape index (κ2) is 10.00. The molecule has 0 aromatic carbocycles. The lowest BCUT2D eigenvalue weighted by atomic mass is 10.1. The molecular weight excluding hydrogens is 314 g/mol. The molecule has 1 saturated carbocycles. The maximum atomic E-state index is 12.5. The molecule has 0 radical (unpaired) electrons. The predicted molar refractivity (Wildman–Crippen MR) is 104 cm³/mol. The van der Waals surface area contributed by atoms with Crippen molar-refractivity contribution in [3.05, 3.63) is 0 Å². The highest BCUT2D eigenvalue weighted by Crippen LogP contribution is 2.26. The number of carbonyl (C=O) groups is 1. The van der Waals surface area contributed by atoms with Gasteiger partial charge in [0.05, 0.1) is 0 Å². The molecule has 6 nitrogen and oxygen atoms in total. The number of carbonyl (C=O) groups excluding carboxylic acids is 1. The van der Waals surface area contributed by atoms with Gasteiger partial charge in [-0.05, 0) is 25.7 Å². The molecule has 0 bridgehead atoms. The third-order valence-corrected chi connectivity index (χ3v) is 5.70. The standard InChI is InChI=1S/C19H37N5O/c1-15(2)16(3)22-19(20-4)21-9-10-23-11-13-24(14-12-23)18(25)17-7-5-6-8-17/h15-17H,5-14H2,1-4H3,(H2,20,21,22). The Morgan fingerprint density at radius 3 is 2.32 bits per heavy atom. The summed E-state index contributed by atoms with van der Waals surface area (Å²) < 4.78 is 0. The third kappa shape index (κ3) is 6.17. The first kappa shape index (κ1) is 20.0. The monoisotopic (exact) mass is 351 g/mol. The first-order valence-electron chi connectivity index (χ1n) is 9.99. The topological polar surface area (TPSA) is 60.0 Å². The molecule has 1 aliphatic carbocycles. The van der Waals surface area contributed by atoms with Crippen molar-refractivity contribution in [2.24, 2.45) is 16.8 Å². The van der Waals surface area contributed by atoms with Crippen LogP contribution < -0.4 is 10.6 Å². The molecule has 1 amide bonds. The third-order valence-electron chi connectivity index (χ3n) is 5.70. The average Bonchev–Trinajstić information content (AvgIpc) is 3.15. The SMILES string of the molecule is CN=C(NCCN1CCN(C(=O)C2CCCC2)CC1)NC(C)C(C)C. The number of aliphatic imine (C=N–C) groups is 1. The molecule has 0 spiro atoms. The highest BCUT2D eigenvalue weighted by atomic mass is 16.2. The van der Waals surface area contributed by atoms with Crippen molar-refractivity contribution in [3.8, 4) is 0 Å². The number of rotatable bonds is 6. The highest BCUT2D eigenvalue weighted by molar-refractivity contribution is 5.80. The Hall–Kier alpha value is -1.30. The minimum absolute atomic E-state index is 0.311. The van der Waals surface area contributed by atoms with Crippen LogP contribution in [0.4, 0.5) is 0 Å². The zero-order chi connectivity index (χ0) is 18.2. The molecule has 25 heavy (non-hydrogen) atoms. The van der Waals surface area contributed by atoms with Gasteiger partial charge in [-0.25, -0.2) is 0 Å². The Kier molecular flexibility index (Phi) is 8.00. The summed E-state index contributed by atoms with van der Waals surface area (Å²) in [5.74, 6) is 2.16. The van der Waals surface area contributed by atoms with E-state index >= 15 is 0 Å². The summed E-state index contributed by atoms with van der Waals surface area (Å²) in [6.07, 6.45) is 4.66. The molecule has 1 aliphatic heterocycles. The van der Waals surface area contributed by atoms with Gasteiger partial charge in [-0.1, -0.05) is 26.7 Å². The van der Waals surface area contributed by atoms with Gasteiger partial charge in [0.2, 0.25) is 5.91 Å². The van der Waals surface area contributed by atoms with E-state index < -0.39 is 0 Å². The van der Waals surface area contributed by atoms with Gasteiger partial charge in [-0.2, -0.15) is 0 Å². The number of piperazine rings is 1. The van der Waals surface area contributed by atoms with Gasteiger partial charge < -0.3 is 15.5 Å². The number of nitrogens with zero attached hydrogens (tertiary/aromatic N) is 3. The van der Waals surface area contributed by atoms with Crippen LogP contribution in [0.5, 0.6) is 0 Å². The molecule has 2 rings (SSSR count). The van der Waals surface area contributed by atoms with Crippen LogP contribution in [0.2, 0.25) is 0 Å². The van der Waals surface area contributed by atoms with E-state index in [9.17, 15) is 4.79 Å². The maximum Gasteiger partial charge on any atom is 0.225 e. The summed E-state index contributed by atoms with van der Waals surface area (Å²) in [7, 11) is 1.82. The molecule has 2 aliphatic rings. The van der Waals surface area contributed by atoms with E-state index in [0.29, 0.717) is 23.8 Å². The molecule has 6 heteroatoms. The number of amides is 1. The zero-order valence-electron chi connectivity index (χ0n) is 16.6. The van der Waals surface area contributed by atoms with E-state index in [0.717, 1.165) is 58.1 Å². The fraction of sp³-hybridized carbons (Fsp3) is 0.895. The van der Waals surface area contributed by atoms with Crippen LogP contribution in [0.15, 0.2) is 4.99 Å². The maximum absolute atomic E-state index is 12.5. The van der Waals surface area contributed by atoms with Crippen LogP contribution in [0, 0.1) is 11.8 Å². The smallest absolute Gasteiger partial charge is 0.225 e. The van der Waals surface area contributed by atoms with Crippen molar-refractivity contribution in [2.75, 3.05) is 46.3 Å². The molecule has 0 aromatic heterocycles. The van der Waals surface area contributed by atoms with E-state index in [1.54, 1.807) is 0 Å². The Morgan fingerprint density at radius 2 is 1.76 bits per heavy atom. The van der Waals surface area contributed by atoms with E-state index in [4.69, 9.17) is 0 Å². The molecule has 1 saturated heterocycles. The first-order chi connectivity index (χ1) is 12.0. The van der Waals surface area contributed by atoms with Gasteiger partial charge in [-0.15, -0.1) is 0 Å². The Balaban J connectivity index is 1.64. The quantitative estimate of drug-likeness (QED) is 0.563. The number of nitrogens with one attached hydrogen (secondary N) is 2. The summed E-state index contributed by atoms with van der Waals surface area (Å²) in [5.41, 5.74) is 0. The summed E-state index contributed by atoms with van der Waals surface area (Å²) in [4.78, 5) is 21.3. The molecule has 1 heterocycles. The summed E-state index contributed by atoms with van der Waals surface area (Å²) in [6.45, 7) is 12.2. The Morgan fingerprint density at radius 1 is 1.12 bits per heavy atom. The largest absolute Gasteiger partial charge is 0.355 e. The first-order valence-corrected chi connectivity index (χ1v) is 9.99. The van der Waals surface area contributed by atoms with Crippen LogP contribution in [-0.4, -0.2) is 74.0 Å². The lowest BCUT2D eigenvalue weighted by molar-refractivity contribution is -0.137. The van der Waals surface area contributed by atoms with Gasteiger partial charge >= 0.3 is 0 Å². The van der Waals surface area contributed by atoms with Crippen LogP contribution in [0.25, 0.3) is 0 Å². The van der Waals surface area contributed by atoms with E-state index in [-0.39, 0.29) is 0 Å². The molecular formula is C19H37N5O. The number of guanidine groups is 1. The predicted octanol–water partition coefficient (Wildman–Crippen LogP) is 1.53. The highest BCUT2D eigenvalue weighted by Gasteiger charge is 2.29. The van der Waals surface area contributed by atoms with Crippen molar-refractivity contribution in [3.63, 3.8) is 0 Å². The van der Waals surface area contributed by atoms with Gasteiger partial charge in [-0.3, -0.25) is 14.7 Å². The molecule has 1 unspecified atom stereocenters. The molecule has 1 atom stereocenters. The van der Waals surface area contributed by atoms with Crippen LogP contribution >= 0.6 is 0 Å². The van der Waals surface area contributed by atoms with Crippen molar-refractivity contribution in [2.45, 2.75) is 52.5 Å². The van der Waals surface area contributed by atoms with Gasteiger partial charge in [0.25, 0.3) is 0 Å². The van der Waals surface area contributed by atoms with E-state index in [2.05, 4.69) is 46.2 Å². The van der Waals surface area contributed by atoms with Crippen molar-refractivity contribution >= 4 is 11.9 Å². The number of hydrogen-bond acceptors (Lipinski definition) is 3. The van der Waals surface area contributed by atoms with Crippen LogP contribution in [-0.2, 0) is 4.79 Å². The van der Waals surface area contributed by atoms with E-state index in [1.165, 1.54) is 12.8 Å². The van der Waals surface area contributed by atoms with E-state index in [1.807, 2.05) is 7.05 Å². The van der Waals surface area contributed by atoms with Gasteiger partial charge in [0.15, 0.2) is 5.96 Å². The van der Waals surface area contributed by atoms with Gasteiger partial charge in [0, 0.05) is 58.3 Å². The second-order valence-corrected chi connectivity index (χ2v) is 7.82. The van der Waals surface area contributed by atoms with Crippen molar-refractivity contribution in [1.82, 2.24) is 20.4 Å². The fourth-order valence-corrected chi connectivity index (χ4v) is 3.53. The lowest BCUT2D eigenvalue weighted by Crippen LogP contribution is -2.52. The minimum Gasteiger partial charge on any atom is -0.355 e. The Labute approximate surface area is 153 Å². The normalized spacial score (nSPS) is 21.6. The van der Waals surface area contributed by atoms with Gasteiger partial charge in [0.1, 0.15) is 0 Å². The fourth-order valence-electron chi connectivity index (χ4n) is 3.53. The average molecular weight is 352 g/mol.